The van der Waals surface area contributed by atoms with Gasteiger partial charge in [0.15, 0.2) is 0 Å². The summed E-state index contributed by atoms with van der Waals surface area (Å²) in [7, 11) is -0.197. The first-order valence-electron chi connectivity index (χ1n) is 9.20. The average Bonchev–Trinajstić information content (AvgIpc) is 3.29. The molecular weight excluding hydrogens is 366 g/mol. The zero-order chi connectivity index (χ0) is 19.2. The van der Waals surface area contributed by atoms with Crippen molar-refractivity contribution in [2.24, 2.45) is 18.9 Å². The number of benzene rings is 1. The average molecular weight is 391 g/mol. The molecule has 2 fully saturated rings. The molecule has 2 aromatic rings. The monoisotopic (exact) mass is 391 g/mol. The number of imidazole rings is 1. The molecule has 1 N–H and O–H groups in total. The Morgan fingerprint density at radius 3 is 2.63 bits per heavy atom. The number of aliphatic hydroxyl groups is 1. The number of fused-ring (bicyclic) bond motifs is 1. The lowest BCUT2D eigenvalue weighted by atomic mass is 9.70. The summed E-state index contributed by atoms with van der Waals surface area (Å²) in [6.45, 7) is 0.744. The molecule has 2 aliphatic rings. The smallest absolute Gasteiger partial charge is 0.243 e. The van der Waals surface area contributed by atoms with E-state index in [1.54, 1.807) is 37.6 Å². The number of aryl methyl sites for hydroxylation is 1. The molecule has 146 valence electrons. The van der Waals surface area contributed by atoms with E-state index in [1.165, 1.54) is 4.31 Å². The van der Waals surface area contributed by atoms with Gasteiger partial charge in [0.25, 0.3) is 0 Å². The second kappa shape index (κ2) is 6.61. The highest BCUT2D eigenvalue weighted by Gasteiger charge is 2.53. The molecule has 1 aromatic heterocycles. The molecule has 8 heteroatoms. The van der Waals surface area contributed by atoms with E-state index in [-0.39, 0.29) is 16.7 Å². The fourth-order valence-electron chi connectivity index (χ4n) is 4.64. The Kier molecular flexibility index (Phi) is 4.52. The summed E-state index contributed by atoms with van der Waals surface area (Å²) < 4.78 is 34.7. The number of rotatable bonds is 4. The molecule has 2 heterocycles. The van der Waals surface area contributed by atoms with Gasteiger partial charge in [0, 0.05) is 38.4 Å². The molecule has 1 saturated carbocycles. The Labute approximate surface area is 159 Å². The molecule has 4 rings (SSSR count). The van der Waals surface area contributed by atoms with E-state index < -0.39 is 15.6 Å². The predicted octanol–water partition coefficient (Wildman–Crippen LogP) is 1.74. The highest BCUT2D eigenvalue weighted by atomic mass is 32.2. The largest absolute Gasteiger partial charge is 0.497 e. The first-order chi connectivity index (χ1) is 12.9. The summed E-state index contributed by atoms with van der Waals surface area (Å²) in [5.74, 6) is 1.22. The van der Waals surface area contributed by atoms with Crippen molar-refractivity contribution in [3.05, 3.63) is 42.5 Å². The maximum Gasteiger partial charge on any atom is 0.243 e. The third kappa shape index (κ3) is 2.96. The number of sulfonamides is 1. The molecule has 1 aromatic carbocycles. The first-order valence-corrected chi connectivity index (χ1v) is 10.6. The quantitative estimate of drug-likeness (QED) is 0.858. The number of ether oxygens (including phenoxy) is 1. The molecule has 0 bridgehead atoms. The Morgan fingerprint density at radius 2 is 2.00 bits per heavy atom. The van der Waals surface area contributed by atoms with Gasteiger partial charge in [0.05, 0.1) is 12.0 Å². The van der Waals surface area contributed by atoms with Gasteiger partial charge in [-0.05, 0) is 49.4 Å². The van der Waals surface area contributed by atoms with Gasteiger partial charge in [0.2, 0.25) is 10.0 Å². The zero-order valence-corrected chi connectivity index (χ0v) is 16.4. The standard InChI is InChI=1S/C19H25N3O4S/c1-21-11-10-20-18(21)19(23)9-3-4-14-12-22(13-17(14)19)27(24,25)16-7-5-15(26-2)6-8-16/h5-8,10-11,14,17,23H,3-4,9,12-13H2,1-2H3. The normalized spacial score (nSPS) is 28.9. The Balaban J connectivity index is 1.63. The van der Waals surface area contributed by atoms with Crippen molar-refractivity contribution in [2.45, 2.75) is 29.8 Å². The number of hydrogen-bond donors (Lipinski definition) is 1. The van der Waals surface area contributed by atoms with E-state index >= 15 is 0 Å². The summed E-state index contributed by atoms with van der Waals surface area (Å²) in [6, 6.07) is 6.45. The van der Waals surface area contributed by atoms with Gasteiger partial charge in [0.1, 0.15) is 17.2 Å². The van der Waals surface area contributed by atoms with Crippen molar-refractivity contribution in [1.82, 2.24) is 13.9 Å². The Bertz CT molecular complexity index is 925. The van der Waals surface area contributed by atoms with Gasteiger partial charge in [-0.2, -0.15) is 4.31 Å². The van der Waals surface area contributed by atoms with Gasteiger partial charge in [-0.25, -0.2) is 13.4 Å². The van der Waals surface area contributed by atoms with E-state index in [1.807, 2.05) is 17.8 Å². The van der Waals surface area contributed by atoms with Crippen LogP contribution in [-0.4, -0.2) is 47.6 Å². The SMILES string of the molecule is COc1ccc(S(=O)(=O)N2CC3CCCC(O)(c4nccn4C)C3C2)cc1. The Hall–Kier alpha value is -1.90. The van der Waals surface area contributed by atoms with Crippen molar-refractivity contribution in [3.63, 3.8) is 0 Å². The molecule has 3 unspecified atom stereocenters. The molecule has 0 spiro atoms. The second-order valence-corrected chi connectivity index (χ2v) is 9.48. The van der Waals surface area contributed by atoms with Gasteiger partial charge < -0.3 is 14.4 Å². The predicted molar refractivity (Wildman–Crippen MR) is 99.7 cm³/mol. The van der Waals surface area contributed by atoms with Crippen LogP contribution >= 0.6 is 0 Å². The number of nitrogens with zero attached hydrogens (tertiary/aromatic N) is 3. The van der Waals surface area contributed by atoms with Crippen LogP contribution in [0.5, 0.6) is 5.75 Å². The lowest BCUT2D eigenvalue weighted by Crippen LogP contribution is -2.44. The zero-order valence-electron chi connectivity index (χ0n) is 15.6. The van der Waals surface area contributed by atoms with Crippen LogP contribution < -0.4 is 4.74 Å². The molecular formula is C19H25N3O4S. The van der Waals surface area contributed by atoms with E-state index in [9.17, 15) is 13.5 Å². The van der Waals surface area contributed by atoms with E-state index in [4.69, 9.17) is 4.74 Å². The van der Waals surface area contributed by atoms with E-state index in [2.05, 4.69) is 4.98 Å². The number of methoxy groups -OCH3 is 1. The summed E-state index contributed by atoms with van der Waals surface area (Å²) >= 11 is 0. The van der Waals surface area contributed by atoms with Gasteiger partial charge in [-0.1, -0.05) is 0 Å². The molecule has 0 amide bonds. The molecule has 0 radical (unpaired) electrons. The van der Waals surface area contributed by atoms with Crippen LogP contribution in [0.4, 0.5) is 0 Å². The fourth-order valence-corrected chi connectivity index (χ4v) is 6.16. The van der Waals surface area contributed by atoms with Crippen molar-refractivity contribution in [3.8, 4) is 5.75 Å². The first kappa shape index (κ1) is 18.5. The third-order valence-electron chi connectivity index (χ3n) is 6.06. The third-order valence-corrected chi connectivity index (χ3v) is 7.91. The van der Waals surface area contributed by atoms with Crippen molar-refractivity contribution < 1.29 is 18.3 Å². The lowest BCUT2D eigenvalue weighted by Gasteiger charge is -2.40. The van der Waals surface area contributed by atoms with Crippen molar-refractivity contribution in [1.29, 1.82) is 0 Å². The fraction of sp³-hybridized carbons (Fsp3) is 0.526. The maximum atomic E-state index is 13.1. The van der Waals surface area contributed by atoms with Gasteiger partial charge >= 0.3 is 0 Å². The van der Waals surface area contributed by atoms with E-state index in [0.717, 1.165) is 12.8 Å². The highest BCUT2D eigenvalue weighted by molar-refractivity contribution is 7.89. The maximum absolute atomic E-state index is 13.1. The van der Waals surface area contributed by atoms with Crippen LogP contribution in [0.2, 0.25) is 0 Å². The van der Waals surface area contributed by atoms with Crippen LogP contribution in [0.15, 0.2) is 41.6 Å². The summed E-state index contributed by atoms with van der Waals surface area (Å²) in [6.07, 6.45) is 5.89. The second-order valence-electron chi connectivity index (χ2n) is 7.54. The number of hydrogen-bond acceptors (Lipinski definition) is 5. The van der Waals surface area contributed by atoms with Crippen LogP contribution in [0.1, 0.15) is 25.1 Å². The molecule has 1 saturated heterocycles. The Morgan fingerprint density at radius 1 is 1.26 bits per heavy atom. The summed E-state index contributed by atoms with van der Waals surface area (Å²) in [5, 5.41) is 11.5. The minimum absolute atomic E-state index is 0.133. The minimum atomic E-state index is -3.61. The van der Waals surface area contributed by atoms with Crippen LogP contribution in [0.3, 0.4) is 0 Å². The van der Waals surface area contributed by atoms with Crippen LogP contribution in [0, 0.1) is 11.8 Å². The van der Waals surface area contributed by atoms with E-state index in [0.29, 0.717) is 31.1 Å². The summed E-state index contributed by atoms with van der Waals surface area (Å²) in [4.78, 5) is 4.62. The van der Waals surface area contributed by atoms with Gasteiger partial charge in [-0.15, -0.1) is 0 Å². The topological polar surface area (TPSA) is 84.7 Å². The molecule has 27 heavy (non-hydrogen) atoms. The molecule has 3 atom stereocenters. The lowest BCUT2D eigenvalue weighted by molar-refractivity contribution is -0.0728. The van der Waals surface area contributed by atoms with Crippen LogP contribution in [-0.2, 0) is 22.7 Å². The van der Waals surface area contributed by atoms with Crippen LogP contribution in [0.25, 0.3) is 0 Å². The molecule has 7 nitrogen and oxygen atoms in total. The number of aromatic nitrogens is 2. The van der Waals surface area contributed by atoms with Crippen molar-refractivity contribution in [2.75, 3.05) is 20.2 Å². The van der Waals surface area contributed by atoms with Crippen molar-refractivity contribution >= 4 is 10.0 Å². The van der Waals surface area contributed by atoms with Gasteiger partial charge in [-0.3, -0.25) is 0 Å². The minimum Gasteiger partial charge on any atom is -0.497 e. The summed E-state index contributed by atoms with van der Waals surface area (Å²) in [5.41, 5.74) is -1.09. The molecule has 1 aliphatic heterocycles. The molecule has 1 aliphatic carbocycles. The highest BCUT2D eigenvalue weighted by Crippen LogP contribution is 2.48.